The van der Waals surface area contributed by atoms with Crippen LogP contribution in [-0.4, -0.2) is 45.9 Å². The van der Waals surface area contributed by atoms with Gasteiger partial charge in [-0.25, -0.2) is 4.39 Å². The minimum absolute atomic E-state index is 0.144. The highest BCUT2D eigenvalue weighted by molar-refractivity contribution is 5.98. The van der Waals surface area contributed by atoms with Gasteiger partial charge in [0.2, 0.25) is 5.91 Å². The van der Waals surface area contributed by atoms with Gasteiger partial charge in [-0.15, -0.1) is 0 Å². The van der Waals surface area contributed by atoms with Crippen LogP contribution in [0.3, 0.4) is 0 Å². The maximum absolute atomic E-state index is 14.0. The third kappa shape index (κ3) is 3.54. The van der Waals surface area contributed by atoms with Gasteiger partial charge >= 0.3 is 0 Å². The molecule has 1 fully saturated rings. The first-order chi connectivity index (χ1) is 12.4. The second kappa shape index (κ2) is 7.15. The van der Waals surface area contributed by atoms with E-state index in [-0.39, 0.29) is 17.2 Å². The van der Waals surface area contributed by atoms with Crippen molar-refractivity contribution in [1.82, 2.24) is 9.80 Å². The van der Waals surface area contributed by atoms with E-state index in [0.29, 0.717) is 19.6 Å². The molecule has 2 aromatic rings. The Morgan fingerprint density at radius 3 is 2.54 bits per heavy atom. The molecule has 0 bridgehead atoms. The predicted molar refractivity (Wildman–Crippen MR) is 95.2 cm³/mol. The molecule has 1 atom stereocenters. The Balaban J connectivity index is 1.72. The number of carbonyl (C=O) groups is 2. The molecule has 1 aliphatic heterocycles. The van der Waals surface area contributed by atoms with Gasteiger partial charge < -0.3 is 14.9 Å². The number of hydrogen-bond acceptors (Lipinski definition) is 3. The molecule has 1 aliphatic rings. The number of benzene rings is 2. The van der Waals surface area contributed by atoms with Crippen LogP contribution in [-0.2, 0) is 11.3 Å². The third-order valence-electron chi connectivity index (χ3n) is 4.69. The van der Waals surface area contributed by atoms with Crippen LogP contribution in [0.25, 0.3) is 0 Å². The zero-order valence-corrected chi connectivity index (χ0v) is 14.8. The first kappa shape index (κ1) is 17.9. The standard InChI is InChI=1S/C20H21FN2O3/c1-13-3-5-15(6-4-13)12-22-9-10-23(14(2)19(22)25)20(26)17-8-7-16(24)11-18(17)21/h3-8,11,14,24H,9-10,12H2,1-2H3/t14-/m0/s1. The molecule has 5 nitrogen and oxygen atoms in total. The normalized spacial score (nSPS) is 17.5. The zero-order chi connectivity index (χ0) is 18.8. The lowest BCUT2D eigenvalue weighted by Gasteiger charge is -2.39. The first-order valence-electron chi connectivity index (χ1n) is 8.50. The second-order valence-corrected chi connectivity index (χ2v) is 6.58. The number of phenols is 1. The number of aryl methyl sites for hydroxylation is 1. The van der Waals surface area contributed by atoms with Gasteiger partial charge in [-0.3, -0.25) is 9.59 Å². The number of halogens is 1. The number of aromatic hydroxyl groups is 1. The lowest BCUT2D eigenvalue weighted by molar-refractivity contribution is -0.140. The summed E-state index contributed by atoms with van der Waals surface area (Å²) < 4.78 is 14.0. The number of amides is 2. The number of rotatable bonds is 3. The fourth-order valence-corrected chi connectivity index (χ4v) is 3.11. The van der Waals surface area contributed by atoms with Crippen LogP contribution >= 0.6 is 0 Å². The Hall–Kier alpha value is -2.89. The summed E-state index contributed by atoms with van der Waals surface area (Å²) in [5.74, 6) is -1.74. The Kier molecular flexibility index (Phi) is 4.93. The van der Waals surface area contributed by atoms with Crippen molar-refractivity contribution in [3.05, 3.63) is 65.0 Å². The number of carbonyl (C=O) groups excluding carboxylic acids is 2. The maximum Gasteiger partial charge on any atom is 0.257 e. The molecular formula is C20H21FN2O3. The smallest absolute Gasteiger partial charge is 0.257 e. The lowest BCUT2D eigenvalue weighted by atomic mass is 10.1. The summed E-state index contributed by atoms with van der Waals surface area (Å²) in [5.41, 5.74) is 2.04. The molecule has 2 aromatic carbocycles. The van der Waals surface area contributed by atoms with Crippen molar-refractivity contribution in [2.75, 3.05) is 13.1 Å². The van der Waals surface area contributed by atoms with E-state index in [1.165, 1.54) is 17.0 Å². The molecule has 0 aromatic heterocycles. The van der Waals surface area contributed by atoms with E-state index >= 15 is 0 Å². The minimum Gasteiger partial charge on any atom is -0.508 e. The monoisotopic (exact) mass is 356 g/mol. The average Bonchev–Trinajstić information content (AvgIpc) is 2.60. The Bertz CT molecular complexity index is 835. The number of nitrogens with zero attached hydrogens (tertiary/aromatic N) is 2. The summed E-state index contributed by atoms with van der Waals surface area (Å²) in [7, 11) is 0. The maximum atomic E-state index is 14.0. The van der Waals surface area contributed by atoms with Crippen LogP contribution in [0.1, 0.15) is 28.4 Å². The first-order valence-corrected chi connectivity index (χ1v) is 8.50. The van der Waals surface area contributed by atoms with Gasteiger partial charge in [0.1, 0.15) is 17.6 Å². The fraction of sp³-hybridized carbons (Fsp3) is 0.300. The molecule has 0 unspecified atom stereocenters. The molecule has 1 heterocycles. The minimum atomic E-state index is -0.795. The largest absolute Gasteiger partial charge is 0.508 e. The molecule has 3 rings (SSSR count). The van der Waals surface area contributed by atoms with E-state index in [1.54, 1.807) is 11.8 Å². The Labute approximate surface area is 151 Å². The topological polar surface area (TPSA) is 60.9 Å². The summed E-state index contributed by atoms with van der Waals surface area (Å²) in [5, 5.41) is 9.29. The van der Waals surface area contributed by atoms with Crippen molar-refractivity contribution in [2.24, 2.45) is 0 Å². The number of hydrogen-bond donors (Lipinski definition) is 1. The predicted octanol–water partition coefficient (Wildman–Crippen LogP) is 2.71. The summed E-state index contributed by atoms with van der Waals surface area (Å²) >= 11 is 0. The Morgan fingerprint density at radius 2 is 1.88 bits per heavy atom. The van der Waals surface area contributed by atoms with Crippen LogP contribution in [0, 0.1) is 12.7 Å². The van der Waals surface area contributed by atoms with Gasteiger partial charge in [0.15, 0.2) is 0 Å². The van der Waals surface area contributed by atoms with Gasteiger partial charge in [-0.05, 0) is 31.5 Å². The van der Waals surface area contributed by atoms with E-state index in [2.05, 4.69) is 0 Å². The van der Waals surface area contributed by atoms with E-state index in [0.717, 1.165) is 17.2 Å². The molecule has 136 valence electrons. The van der Waals surface area contributed by atoms with Gasteiger partial charge in [0.25, 0.3) is 5.91 Å². The molecule has 2 amide bonds. The van der Waals surface area contributed by atoms with E-state index in [4.69, 9.17) is 0 Å². The molecule has 0 saturated carbocycles. The molecule has 0 aliphatic carbocycles. The van der Waals surface area contributed by atoms with Crippen molar-refractivity contribution < 1.29 is 19.1 Å². The molecule has 6 heteroatoms. The lowest BCUT2D eigenvalue weighted by Crippen LogP contribution is -2.57. The Morgan fingerprint density at radius 1 is 1.19 bits per heavy atom. The summed E-state index contributed by atoms with van der Waals surface area (Å²) in [6.45, 7) is 4.86. The molecule has 0 spiro atoms. The van der Waals surface area contributed by atoms with Crippen LogP contribution in [0.4, 0.5) is 4.39 Å². The number of piperazine rings is 1. The van der Waals surface area contributed by atoms with E-state index in [9.17, 15) is 19.1 Å². The number of phenolic OH excluding ortho intramolecular Hbond substituents is 1. The van der Waals surface area contributed by atoms with Crippen molar-refractivity contribution in [3.63, 3.8) is 0 Å². The van der Waals surface area contributed by atoms with Crippen molar-refractivity contribution in [1.29, 1.82) is 0 Å². The highest BCUT2D eigenvalue weighted by atomic mass is 19.1. The molecule has 26 heavy (non-hydrogen) atoms. The fourth-order valence-electron chi connectivity index (χ4n) is 3.11. The molecular weight excluding hydrogens is 335 g/mol. The summed E-state index contributed by atoms with van der Waals surface area (Å²) in [4.78, 5) is 28.4. The van der Waals surface area contributed by atoms with E-state index in [1.807, 2.05) is 31.2 Å². The average molecular weight is 356 g/mol. The van der Waals surface area contributed by atoms with Crippen LogP contribution in [0.2, 0.25) is 0 Å². The SMILES string of the molecule is Cc1ccc(CN2CCN(C(=O)c3ccc(O)cc3F)[C@@H](C)C2=O)cc1. The molecule has 1 saturated heterocycles. The third-order valence-corrected chi connectivity index (χ3v) is 4.69. The highest BCUT2D eigenvalue weighted by Crippen LogP contribution is 2.21. The van der Waals surface area contributed by atoms with Gasteiger partial charge in [-0.1, -0.05) is 29.8 Å². The van der Waals surface area contributed by atoms with Crippen LogP contribution in [0.15, 0.2) is 42.5 Å². The zero-order valence-electron chi connectivity index (χ0n) is 14.8. The quantitative estimate of drug-likeness (QED) is 0.920. The van der Waals surface area contributed by atoms with Gasteiger partial charge in [-0.2, -0.15) is 0 Å². The van der Waals surface area contributed by atoms with Crippen LogP contribution in [0.5, 0.6) is 5.75 Å². The molecule has 1 N–H and O–H groups in total. The van der Waals surface area contributed by atoms with Crippen molar-refractivity contribution in [3.8, 4) is 5.75 Å². The van der Waals surface area contributed by atoms with E-state index < -0.39 is 17.8 Å². The summed E-state index contributed by atoms with van der Waals surface area (Å²) in [6, 6.07) is 10.7. The second-order valence-electron chi connectivity index (χ2n) is 6.58. The van der Waals surface area contributed by atoms with Gasteiger partial charge in [0, 0.05) is 25.7 Å². The van der Waals surface area contributed by atoms with Crippen molar-refractivity contribution in [2.45, 2.75) is 26.4 Å². The molecule has 0 radical (unpaired) electrons. The van der Waals surface area contributed by atoms with Crippen LogP contribution < -0.4 is 0 Å². The van der Waals surface area contributed by atoms with Gasteiger partial charge in [0.05, 0.1) is 5.56 Å². The highest BCUT2D eigenvalue weighted by Gasteiger charge is 2.35. The summed E-state index contributed by atoms with van der Waals surface area (Å²) in [6.07, 6.45) is 0. The van der Waals surface area contributed by atoms with Crippen molar-refractivity contribution >= 4 is 11.8 Å².